The van der Waals surface area contributed by atoms with E-state index in [0.717, 1.165) is 37.0 Å². The summed E-state index contributed by atoms with van der Waals surface area (Å²) in [5.74, 6) is 3.92. The number of ether oxygens (including phenoxy) is 2. The van der Waals surface area contributed by atoms with E-state index in [-0.39, 0.29) is 18.5 Å². The standard InChI is InChI=1S/C39H57NO3/c1-8-36-26(4)9-18-37(43-36)42-31-19-21-38(6)30(23-31)14-15-32-34-17-16-33(39(34,7)22-20-35(32)38)27(5)40-41-24-28-10-12-29(13-11-28)25(2)3/h9-14,18,25-26,31-37H,8,15-17,19-24H2,1-7H3/b40-27+/t26-,31?,32?,33+,34?,35?,36+,37?,38-,39+/m0/s1. The van der Waals surface area contributed by atoms with Gasteiger partial charge < -0.3 is 14.3 Å². The molecule has 1 aromatic rings. The Labute approximate surface area is 261 Å². The van der Waals surface area contributed by atoms with Crippen LogP contribution in [0.3, 0.4) is 0 Å². The van der Waals surface area contributed by atoms with Crippen molar-refractivity contribution >= 4 is 5.71 Å². The molecule has 0 spiro atoms. The minimum absolute atomic E-state index is 0.183. The fourth-order valence-electron chi connectivity index (χ4n) is 10.2. The van der Waals surface area contributed by atoms with Gasteiger partial charge in [0.2, 0.25) is 0 Å². The highest BCUT2D eigenvalue weighted by Crippen LogP contribution is 2.66. The second-order valence-electron chi connectivity index (χ2n) is 15.5. The van der Waals surface area contributed by atoms with Crippen LogP contribution in [-0.2, 0) is 20.9 Å². The Hall–Kier alpha value is -1.91. The first-order valence-corrected chi connectivity index (χ1v) is 17.6. The molecule has 4 aliphatic carbocycles. The van der Waals surface area contributed by atoms with E-state index in [1.54, 1.807) is 5.57 Å². The number of hydrogen-bond donors (Lipinski definition) is 0. The molecule has 4 nitrogen and oxygen atoms in total. The van der Waals surface area contributed by atoms with Crippen LogP contribution in [-0.4, -0.2) is 24.2 Å². The van der Waals surface area contributed by atoms with Crippen LogP contribution < -0.4 is 0 Å². The summed E-state index contributed by atoms with van der Waals surface area (Å²) in [5.41, 5.74) is 6.10. The molecule has 1 aliphatic heterocycles. The third kappa shape index (κ3) is 5.92. The van der Waals surface area contributed by atoms with Crippen molar-refractivity contribution in [1.82, 2.24) is 0 Å². The lowest BCUT2D eigenvalue weighted by atomic mass is 9.47. The molecule has 3 saturated carbocycles. The average Bonchev–Trinajstić information content (AvgIpc) is 3.36. The summed E-state index contributed by atoms with van der Waals surface area (Å²) < 4.78 is 12.9. The second kappa shape index (κ2) is 12.5. The van der Waals surface area contributed by atoms with Gasteiger partial charge in [0.1, 0.15) is 6.61 Å². The minimum atomic E-state index is -0.183. The number of oxime groups is 1. The van der Waals surface area contributed by atoms with E-state index in [4.69, 9.17) is 19.5 Å². The summed E-state index contributed by atoms with van der Waals surface area (Å²) in [5, 5.41) is 4.72. The van der Waals surface area contributed by atoms with Crippen molar-refractivity contribution in [2.24, 2.45) is 45.6 Å². The van der Waals surface area contributed by atoms with Gasteiger partial charge in [0.15, 0.2) is 6.29 Å². The first kappa shape index (κ1) is 31.1. The molecule has 3 fully saturated rings. The number of benzene rings is 1. The molecule has 43 heavy (non-hydrogen) atoms. The van der Waals surface area contributed by atoms with Crippen LogP contribution in [0.1, 0.15) is 123 Å². The van der Waals surface area contributed by atoms with E-state index in [2.05, 4.69) is 91.0 Å². The molecule has 0 radical (unpaired) electrons. The van der Waals surface area contributed by atoms with Gasteiger partial charge in [-0.1, -0.05) is 88.7 Å². The molecule has 10 atom stereocenters. The van der Waals surface area contributed by atoms with Crippen molar-refractivity contribution in [3.8, 4) is 0 Å². The van der Waals surface area contributed by atoms with Gasteiger partial charge in [0.05, 0.1) is 17.9 Å². The molecule has 6 rings (SSSR count). The van der Waals surface area contributed by atoms with Crippen molar-refractivity contribution in [1.29, 1.82) is 0 Å². The number of allylic oxidation sites excluding steroid dienone is 1. The van der Waals surface area contributed by atoms with Gasteiger partial charge in [-0.15, -0.1) is 0 Å². The lowest BCUT2D eigenvalue weighted by molar-refractivity contribution is -0.188. The van der Waals surface area contributed by atoms with Crippen LogP contribution in [0.25, 0.3) is 0 Å². The summed E-state index contributed by atoms with van der Waals surface area (Å²) in [6.45, 7) is 16.9. The quantitative estimate of drug-likeness (QED) is 0.173. The van der Waals surface area contributed by atoms with Gasteiger partial charge in [0, 0.05) is 11.8 Å². The van der Waals surface area contributed by atoms with E-state index >= 15 is 0 Å². The van der Waals surface area contributed by atoms with Gasteiger partial charge in [0.25, 0.3) is 0 Å². The van der Waals surface area contributed by atoms with Crippen LogP contribution in [0.15, 0.2) is 53.2 Å². The third-order valence-electron chi connectivity index (χ3n) is 12.8. The molecular formula is C39H57NO3. The van der Waals surface area contributed by atoms with Crippen LogP contribution in [0.5, 0.6) is 0 Å². The third-order valence-corrected chi connectivity index (χ3v) is 12.8. The maximum Gasteiger partial charge on any atom is 0.177 e. The molecule has 4 heteroatoms. The van der Waals surface area contributed by atoms with Gasteiger partial charge >= 0.3 is 0 Å². The Balaban J connectivity index is 1.08. The van der Waals surface area contributed by atoms with Crippen LogP contribution in [0.4, 0.5) is 0 Å². The van der Waals surface area contributed by atoms with Gasteiger partial charge in [-0.2, -0.15) is 0 Å². The van der Waals surface area contributed by atoms with E-state index in [1.807, 2.05) is 0 Å². The predicted molar refractivity (Wildman–Crippen MR) is 176 cm³/mol. The van der Waals surface area contributed by atoms with Crippen molar-refractivity contribution < 1.29 is 14.3 Å². The molecular weight excluding hydrogens is 530 g/mol. The van der Waals surface area contributed by atoms with Gasteiger partial charge in [-0.3, -0.25) is 0 Å². The van der Waals surface area contributed by atoms with Crippen LogP contribution in [0, 0.1) is 40.4 Å². The monoisotopic (exact) mass is 587 g/mol. The second-order valence-corrected chi connectivity index (χ2v) is 15.5. The smallest absolute Gasteiger partial charge is 0.177 e. The Kier molecular flexibility index (Phi) is 9.02. The summed E-state index contributed by atoms with van der Waals surface area (Å²) >= 11 is 0. The fourth-order valence-corrected chi connectivity index (χ4v) is 10.2. The summed E-state index contributed by atoms with van der Waals surface area (Å²) in [4.78, 5) is 5.95. The zero-order chi connectivity index (χ0) is 30.4. The minimum Gasteiger partial charge on any atom is -0.391 e. The SMILES string of the molecule is CC[C@H]1OC(OC2CC[C@@]3(C)C(=CCC4C3CC[C@@]3(C)C4CC[C@@H]3/C(C)=N/OCc3ccc(C(C)C)cc3)C2)C=C[C@@H]1C. The van der Waals surface area contributed by atoms with E-state index in [1.165, 1.54) is 55.4 Å². The summed E-state index contributed by atoms with van der Waals surface area (Å²) in [6, 6.07) is 8.80. The number of fused-ring (bicyclic) bond motifs is 5. The molecule has 0 bridgehead atoms. The number of hydrogen-bond acceptors (Lipinski definition) is 4. The van der Waals surface area contributed by atoms with Crippen molar-refractivity contribution in [2.45, 2.75) is 137 Å². The maximum absolute atomic E-state index is 6.57. The van der Waals surface area contributed by atoms with Crippen molar-refractivity contribution in [3.63, 3.8) is 0 Å². The zero-order valence-corrected chi connectivity index (χ0v) is 28.0. The molecule has 1 heterocycles. The Morgan fingerprint density at radius 1 is 1.02 bits per heavy atom. The molecule has 236 valence electrons. The highest BCUT2D eigenvalue weighted by atomic mass is 16.7. The molecule has 5 unspecified atom stereocenters. The number of nitrogens with zero attached hydrogens (tertiary/aromatic N) is 1. The molecule has 1 aromatic carbocycles. The van der Waals surface area contributed by atoms with Crippen LogP contribution >= 0.6 is 0 Å². The lowest BCUT2D eigenvalue weighted by Crippen LogP contribution is -2.51. The number of rotatable bonds is 8. The highest BCUT2D eigenvalue weighted by molar-refractivity contribution is 5.85. The van der Waals surface area contributed by atoms with E-state index < -0.39 is 0 Å². The summed E-state index contributed by atoms with van der Waals surface area (Å²) in [6.07, 6.45) is 18.4. The van der Waals surface area contributed by atoms with Gasteiger partial charge in [-0.05, 0) is 116 Å². The average molecular weight is 588 g/mol. The highest BCUT2D eigenvalue weighted by Gasteiger charge is 2.59. The predicted octanol–water partition coefficient (Wildman–Crippen LogP) is 9.99. The normalized spacial score (nSPS) is 40.9. The zero-order valence-electron chi connectivity index (χ0n) is 28.0. The van der Waals surface area contributed by atoms with Crippen LogP contribution in [0.2, 0.25) is 0 Å². The molecule has 0 amide bonds. The molecule has 0 saturated heterocycles. The Bertz CT molecular complexity index is 1220. The van der Waals surface area contributed by atoms with E-state index in [9.17, 15) is 0 Å². The molecule has 0 N–H and O–H groups in total. The molecule has 0 aromatic heterocycles. The summed E-state index contributed by atoms with van der Waals surface area (Å²) in [7, 11) is 0. The topological polar surface area (TPSA) is 40.0 Å². The lowest BCUT2D eigenvalue weighted by Gasteiger charge is -2.58. The fraction of sp³-hybridized carbons (Fsp3) is 0.718. The Morgan fingerprint density at radius 3 is 2.56 bits per heavy atom. The maximum atomic E-state index is 6.57. The van der Waals surface area contributed by atoms with E-state index in [0.29, 0.717) is 35.2 Å². The largest absolute Gasteiger partial charge is 0.391 e. The first-order valence-electron chi connectivity index (χ1n) is 17.6. The van der Waals surface area contributed by atoms with Gasteiger partial charge in [-0.25, -0.2) is 0 Å². The van der Waals surface area contributed by atoms with Crippen molar-refractivity contribution in [2.75, 3.05) is 0 Å². The first-order chi connectivity index (χ1) is 20.6. The molecule has 5 aliphatic rings. The van der Waals surface area contributed by atoms with Crippen molar-refractivity contribution in [3.05, 3.63) is 59.2 Å². The Morgan fingerprint density at radius 2 is 1.81 bits per heavy atom.